The Bertz CT molecular complexity index is 533. The minimum Gasteiger partial charge on any atom is -0.352 e. The number of aromatic nitrogens is 2. The van der Waals surface area contributed by atoms with Gasteiger partial charge in [-0.2, -0.15) is 4.37 Å². The van der Waals surface area contributed by atoms with Crippen LogP contribution in [-0.4, -0.2) is 58.9 Å². The minimum atomic E-state index is 0.187. The summed E-state index contributed by atoms with van der Waals surface area (Å²) in [5.74, 6) is 1.94. The molecule has 1 amide bonds. The first-order chi connectivity index (χ1) is 11.6. The Kier molecular flexibility index (Phi) is 6.05. The van der Waals surface area contributed by atoms with E-state index in [4.69, 9.17) is 0 Å². The van der Waals surface area contributed by atoms with Gasteiger partial charge in [-0.3, -0.25) is 9.69 Å². The van der Waals surface area contributed by atoms with Crippen molar-refractivity contribution in [3.63, 3.8) is 0 Å². The van der Waals surface area contributed by atoms with Crippen LogP contribution in [-0.2, 0) is 11.2 Å². The third-order valence-electron chi connectivity index (χ3n) is 5.16. The zero-order chi connectivity index (χ0) is 16.9. The molecule has 6 nitrogen and oxygen atoms in total. The number of carbonyl (C=O) groups is 1. The van der Waals surface area contributed by atoms with Crippen LogP contribution in [0.15, 0.2) is 0 Å². The Hall–Kier alpha value is -1.21. The monoisotopic (exact) mass is 351 g/mol. The Labute approximate surface area is 148 Å². The molecule has 2 fully saturated rings. The third-order valence-corrected chi connectivity index (χ3v) is 5.98. The molecule has 1 aliphatic heterocycles. The van der Waals surface area contributed by atoms with Crippen molar-refractivity contribution in [1.29, 1.82) is 0 Å². The Balaban J connectivity index is 1.39. The highest BCUT2D eigenvalue weighted by molar-refractivity contribution is 7.09. The average Bonchev–Trinajstić information content (AvgIpc) is 3.07. The van der Waals surface area contributed by atoms with Crippen molar-refractivity contribution >= 4 is 22.6 Å². The molecule has 0 radical (unpaired) electrons. The number of aryl methyl sites for hydroxylation is 1. The molecule has 0 spiro atoms. The number of nitrogens with one attached hydrogen (secondary N) is 1. The van der Waals surface area contributed by atoms with E-state index in [1.807, 2.05) is 0 Å². The smallest absolute Gasteiger partial charge is 0.234 e. The number of amides is 1. The lowest BCUT2D eigenvalue weighted by Crippen LogP contribution is -2.50. The summed E-state index contributed by atoms with van der Waals surface area (Å²) < 4.78 is 4.36. The quantitative estimate of drug-likeness (QED) is 0.878. The minimum absolute atomic E-state index is 0.187. The van der Waals surface area contributed by atoms with Gasteiger partial charge >= 0.3 is 0 Å². The largest absolute Gasteiger partial charge is 0.352 e. The van der Waals surface area contributed by atoms with Gasteiger partial charge in [0, 0.05) is 50.2 Å². The summed E-state index contributed by atoms with van der Waals surface area (Å²) in [6.45, 7) is 8.58. The van der Waals surface area contributed by atoms with Crippen LogP contribution >= 0.6 is 11.5 Å². The van der Waals surface area contributed by atoms with Crippen molar-refractivity contribution in [1.82, 2.24) is 19.6 Å². The van der Waals surface area contributed by atoms with Crippen molar-refractivity contribution < 1.29 is 4.79 Å². The summed E-state index contributed by atoms with van der Waals surface area (Å²) in [6, 6.07) is 0.392. The molecular formula is C17H29N5OS. The Morgan fingerprint density at radius 3 is 2.54 bits per heavy atom. The number of rotatable bonds is 5. The van der Waals surface area contributed by atoms with Crippen LogP contribution in [0.25, 0.3) is 0 Å². The predicted octanol–water partition coefficient (Wildman–Crippen LogP) is 1.92. The van der Waals surface area contributed by atoms with Crippen LogP contribution in [0.4, 0.5) is 5.13 Å². The molecule has 2 aliphatic rings. The molecule has 2 heterocycles. The van der Waals surface area contributed by atoms with Crippen molar-refractivity contribution in [2.24, 2.45) is 5.92 Å². The van der Waals surface area contributed by atoms with E-state index < -0.39 is 0 Å². The molecule has 1 aromatic heterocycles. The molecule has 0 aromatic carbocycles. The number of hydrogen-bond donors (Lipinski definition) is 1. The number of piperazine rings is 1. The molecule has 1 saturated carbocycles. The predicted molar refractivity (Wildman–Crippen MR) is 97.5 cm³/mol. The maximum Gasteiger partial charge on any atom is 0.234 e. The van der Waals surface area contributed by atoms with E-state index in [0.29, 0.717) is 12.6 Å². The van der Waals surface area contributed by atoms with Crippen LogP contribution in [0.2, 0.25) is 0 Å². The van der Waals surface area contributed by atoms with Gasteiger partial charge in [0.15, 0.2) is 0 Å². The fraction of sp³-hybridized carbons (Fsp3) is 0.824. The summed E-state index contributed by atoms with van der Waals surface area (Å²) >= 11 is 1.49. The molecule has 1 aliphatic carbocycles. The van der Waals surface area contributed by atoms with E-state index in [0.717, 1.165) is 62.3 Å². The van der Waals surface area contributed by atoms with Gasteiger partial charge in [-0.15, -0.1) is 0 Å². The van der Waals surface area contributed by atoms with Crippen LogP contribution in [0, 0.1) is 5.92 Å². The van der Waals surface area contributed by atoms with Gasteiger partial charge in [0.1, 0.15) is 5.82 Å². The third kappa shape index (κ3) is 4.66. The van der Waals surface area contributed by atoms with Crippen LogP contribution < -0.4 is 10.2 Å². The molecule has 1 aromatic rings. The second-order valence-corrected chi connectivity index (χ2v) is 7.86. The molecule has 134 valence electrons. The van der Waals surface area contributed by atoms with Gasteiger partial charge in [-0.25, -0.2) is 4.98 Å². The normalized spacial score (nSPS) is 25.7. The van der Waals surface area contributed by atoms with Crippen molar-refractivity contribution in [2.45, 2.75) is 52.0 Å². The zero-order valence-electron chi connectivity index (χ0n) is 14.8. The standard InChI is InChI=1S/C17H29N5OS/c1-3-15-19-17(24-20-15)22-10-8-21(9-11-22)12-16(23)18-14-6-4-13(2)5-7-14/h13-14H,3-12H2,1-2H3,(H,18,23). The first-order valence-corrected chi connectivity index (χ1v) is 10.0. The van der Waals surface area contributed by atoms with Crippen molar-refractivity contribution in [2.75, 3.05) is 37.6 Å². The average molecular weight is 352 g/mol. The summed E-state index contributed by atoms with van der Waals surface area (Å²) in [5.41, 5.74) is 0. The molecule has 3 rings (SSSR count). The van der Waals surface area contributed by atoms with Gasteiger partial charge in [0.25, 0.3) is 0 Å². The molecule has 1 N–H and O–H groups in total. The summed E-state index contributed by atoms with van der Waals surface area (Å²) in [7, 11) is 0. The fourth-order valence-electron chi connectivity index (χ4n) is 3.49. The van der Waals surface area contributed by atoms with E-state index in [9.17, 15) is 4.79 Å². The highest BCUT2D eigenvalue weighted by Crippen LogP contribution is 2.23. The molecule has 0 atom stereocenters. The van der Waals surface area contributed by atoms with Crippen LogP contribution in [0.3, 0.4) is 0 Å². The first kappa shape index (κ1) is 17.6. The van der Waals surface area contributed by atoms with Gasteiger partial charge < -0.3 is 10.2 Å². The van der Waals surface area contributed by atoms with E-state index in [2.05, 4.69) is 38.3 Å². The maximum absolute atomic E-state index is 12.3. The summed E-state index contributed by atoms with van der Waals surface area (Å²) in [4.78, 5) is 21.4. The molecule has 0 bridgehead atoms. The lowest BCUT2D eigenvalue weighted by Gasteiger charge is -2.34. The molecule has 1 saturated heterocycles. The molecule has 24 heavy (non-hydrogen) atoms. The fourth-order valence-corrected chi connectivity index (χ4v) is 4.30. The van der Waals surface area contributed by atoms with Gasteiger partial charge in [-0.1, -0.05) is 13.8 Å². The lowest BCUT2D eigenvalue weighted by atomic mass is 9.87. The number of hydrogen-bond acceptors (Lipinski definition) is 6. The zero-order valence-corrected chi connectivity index (χ0v) is 15.6. The van der Waals surface area contributed by atoms with E-state index in [1.165, 1.54) is 24.4 Å². The molecule has 0 unspecified atom stereocenters. The second kappa shape index (κ2) is 8.25. The SMILES string of the molecule is CCc1nsc(N2CCN(CC(=O)NC3CCC(C)CC3)CC2)n1. The van der Waals surface area contributed by atoms with Crippen LogP contribution in [0.1, 0.15) is 45.4 Å². The Morgan fingerprint density at radius 2 is 1.92 bits per heavy atom. The van der Waals surface area contributed by atoms with Crippen LogP contribution in [0.5, 0.6) is 0 Å². The lowest BCUT2D eigenvalue weighted by molar-refractivity contribution is -0.123. The first-order valence-electron chi connectivity index (χ1n) is 9.23. The number of anilines is 1. The molecular weight excluding hydrogens is 322 g/mol. The summed E-state index contributed by atoms with van der Waals surface area (Å²) in [5, 5.41) is 4.25. The van der Waals surface area contributed by atoms with Crippen molar-refractivity contribution in [3.8, 4) is 0 Å². The second-order valence-electron chi connectivity index (χ2n) is 7.13. The van der Waals surface area contributed by atoms with E-state index >= 15 is 0 Å². The topological polar surface area (TPSA) is 61.4 Å². The number of nitrogens with zero attached hydrogens (tertiary/aromatic N) is 4. The highest BCUT2D eigenvalue weighted by Gasteiger charge is 2.23. The van der Waals surface area contributed by atoms with Gasteiger partial charge in [0.2, 0.25) is 11.0 Å². The number of carbonyl (C=O) groups excluding carboxylic acids is 1. The van der Waals surface area contributed by atoms with E-state index in [-0.39, 0.29) is 5.91 Å². The van der Waals surface area contributed by atoms with Gasteiger partial charge in [0.05, 0.1) is 6.54 Å². The van der Waals surface area contributed by atoms with Crippen molar-refractivity contribution in [3.05, 3.63) is 5.82 Å². The highest BCUT2D eigenvalue weighted by atomic mass is 32.1. The van der Waals surface area contributed by atoms with E-state index in [1.54, 1.807) is 0 Å². The molecule has 7 heteroatoms. The van der Waals surface area contributed by atoms with Gasteiger partial charge in [-0.05, 0) is 31.6 Å². The maximum atomic E-state index is 12.3. The Morgan fingerprint density at radius 1 is 1.21 bits per heavy atom. The summed E-state index contributed by atoms with van der Waals surface area (Å²) in [6.07, 6.45) is 5.64.